The van der Waals surface area contributed by atoms with E-state index in [4.69, 9.17) is 28.2 Å². The lowest BCUT2D eigenvalue weighted by Crippen LogP contribution is -2.29. The van der Waals surface area contributed by atoms with E-state index in [9.17, 15) is 0 Å². The first-order valence-electron chi connectivity index (χ1n) is 11.3. The second-order valence-electron chi connectivity index (χ2n) is 9.07. The second kappa shape index (κ2) is 10.7. The molecule has 34 heavy (non-hydrogen) atoms. The smallest absolute Gasteiger partial charge is 0.0923 e. The topological polar surface area (TPSA) is 57.7 Å². The third-order valence-corrected chi connectivity index (χ3v) is 6.73. The minimum atomic E-state index is -0.226. The summed E-state index contributed by atoms with van der Waals surface area (Å²) < 4.78 is 0. The standard InChI is InChI=1S/C27H29Cl2N5/c1-19-13-22(29)14-32-25(19)16-34(12-10-23-15-30-18-33-23)17-26-24(5-4-11-31-26)27(2,3)20-6-8-21(28)9-7-20/h4-9,11,13-15,18H,10,12,16-17H2,1-3H3,(H,30,33). The summed E-state index contributed by atoms with van der Waals surface area (Å²) in [5, 5.41) is 1.39. The molecule has 1 N–H and O–H groups in total. The quantitative estimate of drug-likeness (QED) is 0.293. The van der Waals surface area contributed by atoms with Gasteiger partial charge in [-0.05, 0) is 47.9 Å². The number of aromatic nitrogens is 4. The molecule has 1 aromatic carbocycles. The molecule has 0 aliphatic rings. The van der Waals surface area contributed by atoms with Crippen LogP contribution in [0.5, 0.6) is 0 Å². The number of hydrogen-bond acceptors (Lipinski definition) is 4. The summed E-state index contributed by atoms with van der Waals surface area (Å²) in [6, 6.07) is 14.2. The highest BCUT2D eigenvalue weighted by atomic mass is 35.5. The van der Waals surface area contributed by atoms with Gasteiger partial charge in [-0.25, -0.2) is 4.98 Å². The number of nitrogens with zero attached hydrogens (tertiary/aromatic N) is 4. The fourth-order valence-corrected chi connectivity index (χ4v) is 4.57. The van der Waals surface area contributed by atoms with E-state index in [1.165, 1.54) is 11.1 Å². The number of aryl methyl sites for hydroxylation is 1. The summed E-state index contributed by atoms with van der Waals surface area (Å²) in [5.41, 5.74) is 6.36. The third-order valence-electron chi connectivity index (χ3n) is 6.27. The van der Waals surface area contributed by atoms with Crippen LogP contribution in [0, 0.1) is 6.92 Å². The number of halogens is 2. The molecule has 4 aromatic rings. The van der Waals surface area contributed by atoms with Crippen LogP contribution in [-0.2, 0) is 24.9 Å². The van der Waals surface area contributed by atoms with Crippen molar-refractivity contribution in [3.05, 3.63) is 111 Å². The van der Waals surface area contributed by atoms with E-state index >= 15 is 0 Å². The van der Waals surface area contributed by atoms with Crippen LogP contribution >= 0.6 is 23.2 Å². The Labute approximate surface area is 211 Å². The first-order valence-corrected chi connectivity index (χ1v) is 12.1. The van der Waals surface area contributed by atoms with Crippen molar-refractivity contribution in [2.24, 2.45) is 0 Å². The predicted octanol–water partition coefficient (Wildman–Crippen LogP) is 6.39. The maximum absolute atomic E-state index is 6.14. The largest absolute Gasteiger partial charge is 0.351 e. The Kier molecular flexibility index (Phi) is 7.67. The van der Waals surface area contributed by atoms with Crippen molar-refractivity contribution >= 4 is 23.2 Å². The van der Waals surface area contributed by atoms with Crippen molar-refractivity contribution in [3.63, 3.8) is 0 Å². The number of nitrogens with one attached hydrogen (secondary N) is 1. The van der Waals surface area contributed by atoms with Gasteiger partial charge < -0.3 is 4.98 Å². The highest BCUT2D eigenvalue weighted by Crippen LogP contribution is 2.34. The average Bonchev–Trinajstić information content (AvgIpc) is 3.33. The molecular weight excluding hydrogens is 465 g/mol. The minimum absolute atomic E-state index is 0.226. The predicted molar refractivity (Wildman–Crippen MR) is 138 cm³/mol. The second-order valence-corrected chi connectivity index (χ2v) is 9.94. The number of imidazole rings is 1. The number of hydrogen-bond donors (Lipinski definition) is 1. The number of pyridine rings is 2. The first kappa shape index (κ1) is 24.4. The molecule has 0 amide bonds. The zero-order valence-corrected chi connectivity index (χ0v) is 21.2. The van der Waals surface area contributed by atoms with E-state index in [0.29, 0.717) is 18.1 Å². The minimum Gasteiger partial charge on any atom is -0.351 e. The molecule has 0 atom stereocenters. The van der Waals surface area contributed by atoms with Crippen molar-refractivity contribution in [2.45, 2.75) is 45.7 Å². The van der Waals surface area contributed by atoms with Gasteiger partial charge in [0.05, 0.1) is 28.4 Å². The van der Waals surface area contributed by atoms with Gasteiger partial charge in [0.15, 0.2) is 0 Å². The molecule has 5 nitrogen and oxygen atoms in total. The summed E-state index contributed by atoms with van der Waals surface area (Å²) >= 11 is 12.3. The Morgan fingerprint density at radius 3 is 2.41 bits per heavy atom. The number of aromatic amines is 1. The highest BCUT2D eigenvalue weighted by Gasteiger charge is 2.27. The number of benzene rings is 1. The van der Waals surface area contributed by atoms with Gasteiger partial charge in [-0.15, -0.1) is 0 Å². The SMILES string of the molecule is Cc1cc(Cl)cnc1CN(CCc1c[nH]cn1)Cc1ncccc1C(C)(C)c1ccc(Cl)cc1. The third kappa shape index (κ3) is 5.84. The molecule has 0 unspecified atom stereocenters. The van der Waals surface area contributed by atoms with Crippen LogP contribution in [0.4, 0.5) is 0 Å². The van der Waals surface area contributed by atoms with Crippen LogP contribution in [-0.4, -0.2) is 31.4 Å². The molecule has 0 bridgehead atoms. The number of rotatable bonds is 9. The summed E-state index contributed by atoms with van der Waals surface area (Å²) in [4.78, 5) is 19.2. The number of H-pyrrole nitrogens is 1. The van der Waals surface area contributed by atoms with E-state index in [0.717, 1.165) is 40.6 Å². The molecular formula is C27H29Cl2N5. The van der Waals surface area contributed by atoms with Crippen LogP contribution in [0.3, 0.4) is 0 Å². The van der Waals surface area contributed by atoms with Gasteiger partial charge >= 0.3 is 0 Å². The van der Waals surface area contributed by atoms with Crippen LogP contribution in [0.25, 0.3) is 0 Å². The summed E-state index contributed by atoms with van der Waals surface area (Å²) in [6.45, 7) is 8.74. The Hall–Kier alpha value is -2.73. The van der Waals surface area contributed by atoms with Gasteiger partial charge in [0, 0.05) is 55.1 Å². The van der Waals surface area contributed by atoms with Gasteiger partial charge in [0.2, 0.25) is 0 Å². The molecule has 7 heteroatoms. The molecule has 0 fully saturated rings. The van der Waals surface area contributed by atoms with Gasteiger partial charge in [0.25, 0.3) is 0 Å². The normalized spacial score (nSPS) is 11.8. The monoisotopic (exact) mass is 493 g/mol. The molecule has 176 valence electrons. The van der Waals surface area contributed by atoms with Crippen molar-refractivity contribution in [3.8, 4) is 0 Å². The fourth-order valence-electron chi connectivity index (χ4n) is 4.23. The van der Waals surface area contributed by atoms with E-state index in [1.807, 2.05) is 36.7 Å². The van der Waals surface area contributed by atoms with Crippen LogP contribution in [0.15, 0.2) is 67.4 Å². The Morgan fingerprint density at radius 2 is 1.71 bits per heavy atom. The molecule has 0 aliphatic heterocycles. The van der Waals surface area contributed by atoms with Gasteiger partial charge in [-0.2, -0.15) is 0 Å². The molecule has 0 saturated heterocycles. The maximum atomic E-state index is 6.14. The zero-order valence-electron chi connectivity index (χ0n) is 19.7. The molecule has 4 rings (SSSR count). The van der Waals surface area contributed by atoms with Crippen LogP contribution in [0.2, 0.25) is 10.0 Å². The van der Waals surface area contributed by atoms with E-state index in [2.05, 4.69) is 58.8 Å². The molecule has 3 heterocycles. The summed E-state index contributed by atoms with van der Waals surface area (Å²) in [5.74, 6) is 0. The van der Waals surface area contributed by atoms with E-state index < -0.39 is 0 Å². The lowest BCUT2D eigenvalue weighted by molar-refractivity contribution is 0.251. The Balaban J connectivity index is 1.63. The summed E-state index contributed by atoms with van der Waals surface area (Å²) in [6.07, 6.45) is 8.08. The van der Waals surface area contributed by atoms with Gasteiger partial charge in [0.1, 0.15) is 0 Å². The van der Waals surface area contributed by atoms with Crippen molar-refractivity contribution in [2.75, 3.05) is 6.54 Å². The van der Waals surface area contributed by atoms with Crippen molar-refractivity contribution < 1.29 is 0 Å². The fraction of sp³-hybridized carbons (Fsp3) is 0.296. The average molecular weight is 494 g/mol. The highest BCUT2D eigenvalue weighted by molar-refractivity contribution is 6.30. The Bertz CT molecular complexity index is 1220. The Morgan fingerprint density at radius 1 is 0.941 bits per heavy atom. The van der Waals surface area contributed by atoms with Crippen molar-refractivity contribution in [1.29, 1.82) is 0 Å². The van der Waals surface area contributed by atoms with Crippen LogP contribution in [0.1, 0.15) is 47.6 Å². The maximum Gasteiger partial charge on any atom is 0.0923 e. The molecule has 0 spiro atoms. The van der Waals surface area contributed by atoms with Gasteiger partial charge in [-0.1, -0.05) is 55.2 Å². The lowest BCUT2D eigenvalue weighted by atomic mass is 9.77. The molecule has 3 aromatic heterocycles. The lowest BCUT2D eigenvalue weighted by Gasteiger charge is -2.30. The van der Waals surface area contributed by atoms with E-state index in [-0.39, 0.29) is 5.41 Å². The molecule has 0 radical (unpaired) electrons. The first-order chi connectivity index (χ1) is 16.3. The molecule has 0 aliphatic carbocycles. The van der Waals surface area contributed by atoms with Crippen molar-refractivity contribution in [1.82, 2.24) is 24.8 Å². The zero-order chi connectivity index (χ0) is 24.1. The van der Waals surface area contributed by atoms with Gasteiger partial charge in [-0.3, -0.25) is 14.9 Å². The van der Waals surface area contributed by atoms with Crippen LogP contribution < -0.4 is 0 Å². The van der Waals surface area contributed by atoms with E-state index in [1.54, 1.807) is 12.5 Å². The molecule has 0 saturated carbocycles. The summed E-state index contributed by atoms with van der Waals surface area (Å²) in [7, 11) is 0.